The van der Waals surface area contributed by atoms with Gasteiger partial charge in [-0.15, -0.1) is 0 Å². The van der Waals surface area contributed by atoms with Crippen LogP contribution >= 0.6 is 22.6 Å². The maximum atomic E-state index is 11.7. The highest BCUT2D eigenvalue weighted by molar-refractivity contribution is 14.1. The Morgan fingerprint density at radius 3 is 2.82 bits per heavy atom. The van der Waals surface area contributed by atoms with Gasteiger partial charge in [-0.05, 0) is 24.0 Å². The Balaban J connectivity index is 2.39. The third kappa shape index (κ3) is 2.86. The van der Waals surface area contributed by atoms with Crippen molar-refractivity contribution in [2.24, 2.45) is 5.92 Å². The molecular formula is C14H14INO. The van der Waals surface area contributed by atoms with Crippen molar-refractivity contribution in [3.63, 3.8) is 0 Å². The fraction of sp³-hybridized carbons (Fsp3) is 0.429. The summed E-state index contributed by atoms with van der Waals surface area (Å²) in [7, 11) is 0. The lowest BCUT2D eigenvalue weighted by molar-refractivity contribution is -0.119. The number of hydrogen-bond donors (Lipinski definition) is 0. The molecule has 2 atom stereocenters. The number of nitriles is 1. The Kier molecular flexibility index (Phi) is 4.16. The molecule has 0 N–H and O–H groups in total. The van der Waals surface area contributed by atoms with Gasteiger partial charge in [0, 0.05) is 12.8 Å². The zero-order valence-electron chi connectivity index (χ0n) is 9.53. The molecule has 1 aliphatic rings. The summed E-state index contributed by atoms with van der Waals surface area (Å²) in [5.74, 6) is 0.0355. The average Bonchev–Trinajstić information content (AvgIpc) is 2.40. The van der Waals surface area contributed by atoms with Crippen LogP contribution < -0.4 is 0 Å². The molecule has 0 saturated heterocycles. The molecule has 0 spiro atoms. The van der Waals surface area contributed by atoms with Crippen LogP contribution in [0.5, 0.6) is 0 Å². The first kappa shape index (κ1) is 12.6. The van der Waals surface area contributed by atoms with Crippen molar-refractivity contribution in [1.29, 1.82) is 5.26 Å². The maximum Gasteiger partial charge on any atom is 0.134 e. The topological polar surface area (TPSA) is 40.9 Å². The first-order valence-electron chi connectivity index (χ1n) is 5.85. The van der Waals surface area contributed by atoms with Crippen LogP contribution in [0.2, 0.25) is 0 Å². The van der Waals surface area contributed by atoms with E-state index in [2.05, 4.69) is 40.8 Å². The van der Waals surface area contributed by atoms with E-state index in [1.54, 1.807) is 0 Å². The van der Waals surface area contributed by atoms with E-state index in [-0.39, 0.29) is 15.6 Å². The molecule has 0 aliphatic heterocycles. The third-order valence-electron chi connectivity index (χ3n) is 3.22. The molecule has 1 aromatic carbocycles. The number of nitrogens with zero attached hydrogens (tertiary/aromatic N) is 1. The van der Waals surface area contributed by atoms with Crippen LogP contribution in [0.15, 0.2) is 24.3 Å². The Labute approximate surface area is 115 Å². The highest BCUT2D eigenvalue weighted by Crippen LogP contribution is 2.37. The minimum atomic E-state index is -0.192. The minimum absolute atomic E-state index is 0.121. The van der Waals surface area contributed by atoms with Crippen LogP contribution in [-0.2, 0) is 11.2 Å². The molecule has 1 aromatic rings. The highest BCUT2D eigenvalue weighted by atomic mass is 127. The summed E-state index contributed by atoms with van der Waals surface area (Å²) in [6, 6.07) is 10.5. The van der Waals surface area contributed by atoms with Gasteiger partial charge in [0.05, 0.1) is 15.9 Å². The smallest absolute Gasteiger partial charge is 0.134 e. The molecule has 0 aromatic heterocycles. The fourth-order valence-corrected chi connectivity index (χ4v) is 3.31. The second-order valence-electron chi connectivity index (χ2n) is 4.43. The van der Waals surface area contributed by atoms with Crippen molar-refractivity contribution in [1.82, 2.24) is 0 Å². The van der Waals surface area contributed by atoms with Gasteiger partial charge < -0.3 is 0 Å². The molecule has 0 unspecified atom stereocenters. The van der Waals surface area contributed by atoms with E-state index in [0.29, 0.717) is 12.8 Å². The Morgan fingerprint density at radius 2 is 2.06 bits per heavy atom. The zero-order chi connectivity index (χ0) is 12.3. The SMILES string of the molecule is N#C[C@@H]1CC(=O)CCCc2ccccc2[C@@H]1I. The van der Waals surface area contributed by atoms with Gasteiger partial charge >= 0.3 is 0 Å². The number of hydrogen-bond acceptors (Lipinski definition) is 2. The fourth-order valence-electron chi connectivity index (χ4n) is 2.29. The number of ketones is 1. The second-order valence-corrected chi connectivity index (χ2v) is 5.77. The number of rotatable bonds is 0. The maximum absolute atomic E-state index is 11.7. The van der Waals surface area contributed by atoms with E-state index in [1.807, 2.05) is 12.1 Å². The van der Waals surface area contributed by atoms with Gasteiger partial charge in [-0.25, -0.2) is 0 Å². The molecule has 0 radical (unpaired) electrons. The van der Waals surface area contributed by atoms with Crippen LogP contribution in [0.25, 0.3) is 0 Å². The van der Waals surface area contributed by atoms with Crippen molar-refractivity contribution in [2.75, 3.05) is 0 Å². The molecular weight excluding hydrogens is 325 g/mol. The number of aryl methyl sites for hydroxylation is 1. The van der Waals surface area contributed by atoms with E-state index in [4.69, 9.17) is 0 Å². The number of alkyl halides is 1. The number of carbonyl (C=O) groups is 1. The van der Waals surface area contributed by atoms with E-state index in [9.17, 15) is 10.1 Å². The Morgan fingerprint density at radius 1 is 1.29 bits per heavy atom. The molecule has 0 heterocycles. The van der Waals surface area contributed by atoms with Crippen LogP contribution in [-0.4, -0.2) is 5.78 Å². The lowest BCUT2D eigenvalue weighted by Gasteiger charge is -2.17. The molecule has 1 aliphatic carbocycles. The Hall–Kier alpha value is -0.890. The molecule has 0 bridgehead atoms. The van der Waals surface area contributed by atoms with Gasteiger partial charge in [0.15, 0.2) is 0 Å². The van der Waals surface area contributed by atoms with Crippen molar-refractivity contribution < 1.29 is 4.79 Å². The van der Waals surface area contributed by atoms with Gasteiger partial charge in [-0.3, -0.25) is 4.79 Å². The summed E-state index contributed by atoms with van der Waals surface area (Å²) in [5, 5.41) is 9.21. The van der Waals surface area contributed by atoms with Crippen molar-refractivity contribution in [3.05, 3.63) is 35.4 Å². The van der Waals surface area contributed by atoms with Crippen LogP contribution in [0.3, 0.4) is 0 Å². The van der Waals surface area contributed by atoms with E-state index < -0.39 is 0 Å². The minimum Gasteiger partial charge on any atom is -0.300 e. The summed E-state index contributed by atoms with van der Waals surface area (Å²) >= 11 is 2.30. The van der Waals surface area contributed by atoms with Crippen LogP contribution in [0, 0.1) is 17.2 Å². The van der Waals surface area contributed by atoms with Gasteiger partial charge in [0.1, 0.15) is 5.78 Å². The number of carbonyl (C=O) groups excluding carboxylic acids is 1. The summed E-state index contributed by atoms with van der Waals surface area (Å²) in [6.45, 7) is 0. The second kappa shape index (κ2) is 5.63. The van der Waals surface area contributed by atoms with Gasteiger partial charge in [0.25, 0.3) is 0 Å². The van der Waals surface area contributed by atoms with E-state index in [1.165, 1.54) is 11.1 Å². The monoisotopic (exact) mass is 339 g/mol. The summed E-state index contributed by atoms with van der Waals surface area (Å²) in [4.78, 5) is 11.7. The molecule has 88 valence electrons. The van der Waals surface area contributed by atoms with Crippen LogP contribution in [0.4, 0.5) is 0 Å². The van der Waals surface area contributed by atoms with Gasteiger partial charge in [-0.1, -0.05) is 46.9 Å². The highest BCUT2D eigenvalue weighted by Gasteiger charge is 2.26. The van der Waals surface area contributed by atoms with Crippen LogP contribution in [0.1, 0.15) is 34.3 Å². The van der Waals surface area contributed by atoms with Gasteiger partial charge in [0.2, 0.25) is 0 Å². The lowest BCUT2D eigenvalue weighted by atomic mass is 9.93. The number of fused-ring (bicyclic) bond motifs is 1. The van der Waals surface area contributed by atoms with Crippen molar-refractivity contribution in [3.8, 4) is 6.07 Å². The predicted molar refractivity (Wildman–Crippen MR) is 74.9 cm³/mol. The molecule has 0 amide bonds. The first-order chi connectivity index (χ1) is 8.22. The predicted octanol–water partition coefficient (Wildman–Crippen LogP) is 3.60. The number of halogens is 1. The Bertz CT molecular complexity index is 464. The largest absolute Gasteiger partial charge is 0.300 e. The summed E-state index contributed by atoms with van der Waals surface area (Å²) in [5.41, 5.74) is 2.52. The van der Waals surface area contributed by atoms with E-state index in [0.717, 1.165) is 12.8 Å². The summed E-state index contributed by atoms with van der Waals surface area (Å²) in [6.07, 6.45) is 2.85. The van der Waals surface area contributed by atoms with Crippen molar-refractivity contribution in [2.45, 2.75) is 29.6 Å². The third-order valence-corrected chi connectivity index (χ3v) is 4.76. The number of Topliss-reactive ketones (excluding diaryl/α,β-unsaturated/α-hetero) is 1. The molecule has 17 heavy (non-hydrogen) atoms. The first-order valence-corrected chi connectivity index (χ1v) is 7.10. The summed E-state index contributed by atoms with van der Waals surface area (Å²) < 4.78 is 0.121. The quantitative estimate of drug-likeness (QED) is 0.535. The average molecular weight is 339 g/mol. The standard InChI is InChI=1S/C14H14INO/c15-14-11(9-16)8-12(17)6-3-5-10-4-1-2-7-13(10)14/h1-2,4,7,11,14H,3,5-6,8H2/t11-,14+/m0/s1. The lowest BCUT2D eigenvalue weighted by Crippen LogP contribution is -2.11. The molecule has 0 fully saturated rings. The van der Waals surface area contributed by atoms with Crippen molar-refractivity contribution >= 4 is 28.4 Å². The van der Waals surface area contributed by atoms with Gasteiger partial charge in [-0.2, -0.15) is 5.26 Å². The molecule has 0 saturated carbocycles. The number of benzene rings is 1. The molecule has 2 nitrogen and oxygen atoms in total. The molecule has 3 heteroatoms. The normalized spacial score (nSPS) is 25.1. The zero-order valence-corrected chi connectivity index (χ0v) is 11.7. The molecule has 2 rings (SSSR count). The van der Waals surface area contributed by atoms with E-state index >= 15 is 0 Å².